The van der Waals surface area contributed by atoms with Gasteiger partial charge < -0.3 is 14.0 Å². The van der Waals surface area contributed by atoms with Crippen LogP contribution in [0.4, 0.5) is 0 Å². The average molecular weight is 352 g/mol. The van der Waals surface area contributed by atoms with Crippen molar-refractivity contribution in [2.45, 2.75) is 13.5 Å². The van der Waals surface area contributed by atoms with Gasteiger partial charge in [0.2, 0.25) is 6.20 Å². The van der Waals surface area contributed by atoms with Crippen LogP contribution in [0.25, 0.3) is 28.2 Å². The van der Waals surface area contributed by atoms with Crippen molar-refractivity contribution in [3.05, 3.63) is 64.3 Å². The van der Waals surface area contributed by atoms with Crippen LogP contribution in [0.3, 0.4) is 0 Å². The molecule has 0 radical (unpaired) electrons. The molecule has 26 heavy (non-hydrogen) atoms. The Morgan fingerprint density at radius 3 is 2.31 bits per heavy atom. The SMILES string of the molecule is CCn1c(-c2ccc(OC)cc2)c(/C=C/[N+](=O)[O-])c2ccc(OC)cc21. The Labute approximate surface area is 151 Å². The van der Waals surface area contributed by atoms with Crippen molar-refractivity contribution in [2.24, 2.45) is 0 Å². The number of fused-ring (bicyclic) bond motifs is 1. The standard InChI is InChI=1S/C20H20N2O4/c1-4-21-19-13-16(26-3)9-10-17(19)18(11-12-22(23)24)20(21)14-5-7-15(25-2)8-6-14/h5-13H,4H2,1-3H3/b12-11+. The van der Waals surface area contributed by atoms with Gasteiger partial charge in [-0.25, -0.2) is 0 Å². The highest BCUT2D eigenvalue weighted by atomic mass is 16.6. The van der Waals surface area contributed by atoms with Crippen LogP contribution in [-0.2, 0) is 6.54 Å². The van der Waals surface area contributed by atoms with Crippen LogP contribution in [0.1, 0.15) is 12.5 Å². The zero-order chi connectivity index (χ0) is 18.7. The molecule has 1 heterocycles. The molecule has 0 amide bonds. The fourth-order valence-electron chi connectivity index (χ4n) is 3.18. The van der Waals surface area contributed by atoms with Gasteiger partial charge in [-0.1, -0.05) is 0 Å². The Hall–Kier alpha value is -3.28. The van der Waals surface area contributed by atoms with Crippen molar-refractivity contribution in [1.29, 1.82) is 0 Å². The van der Waals surface area contributed by atoms with Gasteiger partial charge in [0.25, 0.3) is 0 Å². The van der Waals surface area contributed by atoms with Gasteiger partial charge in [-0.05, 0) is 48.9 Å². The summed E-state index contributed by atoms with van der Waals surface area (Å²) in [7, 11) is 3.24. The van der Waals surface area contributed by atoms with E-state index in [1.165, 1.54) is 0 Å². The molecule has 134 valence electrons. The van der Waals surface area contributed by atoms with Crippen molar-refractivity contribution < 1.29 is 14.4 Å². The highest BCUT2D eigenvalue weighted by Crippen LogP contribution is 2.37. The predicted octanol–water partition coefficient (Wildman–Crippen LogP) is 4.59. The Kier molecular flexibility index (Phi) is 4.93. The van der Waals surface area contributed by atoms with E-state index in [1.807, 2.05) is 49.4 Å². The number of methoxy groups -OCH3 is 2. The van der Waals surface area contributed by atoms with E-state index in [1.54, 1.807) is 20.3 Å². The van der Waals surface area contributed by atoms with Crippen molar-refractivity contribution in [3.63, 3.8) is 0 Å². The van der Waals surface area contributed by atoms with E-state index < -0.39 is 4.92 Å². The van der Waals surface area contributed by atoms with E-state index in [0.717, 1.165) is 52.0 Å². The minimum atomic E-state index is -0.448. The van der Waals surface area contributed by atoms with E-state index in [9.17, 15) is 10.1 Å². The summed E-state index contributed by atoms with van der Waals surface area (Å²) >= 11 is 0. The first-order valence-corrected chi connectivity index (χ1v) is 8.25. The highest BCUT2D eigenvalue weighted by Gasteiger charge is 2.17. The molecule has 0 spiro atoms. The lowest BCUT2D eigenvalue weighted by Crippen LogP contribution is -1.98. The molecule has 6 heteroatoms. The minimum absolute atomic E-state index is 0.448. The number of hydrogen-bond acceptors (Lipinski definition) is 4. The summed E-state index contributed by atoms with van der Waals surface area (Å²) in [5.41, 5.74) is 3.68. The van der Waals surface area contributed by atoms with E-state index in [-0.39, 0.29) is 0 Å². The van der Waals surface area contributed by atoms with E-state index in [4.69, 9.17) is 9.47 Å². The molecular formula is C20H20N2O4. The lowest BCUT2D eigenvalue weighted by atomic mass is 10.0. The summed E-state index contributed by atoms with van der Waals surface area (Å²) < 4.78 is 12.7. The summed E-state index contributed by atoms with van der Waals surface area (Å²) in [6.07, 6.45) is 2.53. The van der Waals surface area contributed by atoms with Crippen LogP contribution < -0.4 is 9.47 Å². The molecule has 0 fully saturated rings. The number of aryl methyl sites for hydroxylation is 1. The number of ether oxygens (including phenoxy) is 2. The quantitative estimate of drug-likeness (QED) is 0.480. The van der Waals surface area contributed by atoms with E-state index in [0.29, 0.717) is 0 Å². The number of aromatic nitrogens is 1. The number of rotatable bonds is 6. The number of nitro groups is 1. The van der Waals surface area contributed by atoms with Crippen LogP contribution >= 0.6 is 0 Å². The number of nitrogens with zero attached hydrogens (tertiary/aromatic N) is 2. The molecule has 0 atom stereocenters. The predicted molar refractivity (Wildman–Crippen MR) is 102 cm³/mol. The van der Waals surface area contributed by atoms with Crippen LogP contribution in [0, 0.1) is 10.1 Å². The second-order valence-corrected chi connectivity index (χ2v) is 5.72. The van der Waals surface area contributed by atoms with E-state index in [2.05, 4.69) is 4.57 Å². The molecule has 1 aromatic heterocycles. The molecule has 0 unspecified atom stereocenters. The van der Waals surface area contributed by atoms with Crippen LogP contribution in [-0.4, -0.2) is 23.7 Å². The molecule has 6 nitrogen and oxygen atoms in total. The maximum Gasteiger partial charge on any atom is 0.235 e. The third kappa shape index (κ3) is 3.13. The zero-order valence-corrected chi connectivity index (χ0v) is 14.9. The maximum atomic E-state index is 10.9. The minimum Gasteiger partial charge on any atom is -0.497 e. The normalized spacial score (nSPS) is 11.2. The van der Waals surface area contributed by atoms with Crippen molar-refractivity contribution in [2.75, 3.05) is 14.2 Å². The summed E-state index contributed by atoms with van der Waals surface area (Å²) in [5, 5.41) is 11.8. The highest BCUT2D eigenvalue weighted by molar-refractivity contribution is 5.98. The van der Waals surface area contributed by atoms with Crippen LogP contribution in [0.15, 0.2) is 48.7 Å². The lowest BCUT2D eigenvalue weighted by molar-refractivity contribution is -0.400. The van der Waals surface area contributed by atoms with Gasteiger partial charge in [-0.2, -0.15) is 0 Å². The average Bonchev–Trinajstić information content (AvgIpc) is 2.98. The number of hydrogen-bond donors (Lipinski definition) is 0. The Morgan fingerprint density at radius 2 is 1.73 bits per heavy atom. The number of benzene rings is 2. The van der Waals surface area contributed by atoms with Gasteiger partial charge in [0.1, 0.15) is 11.5 Å². The van der Waals surface area contributed by atoms with Gasteiger partial charge in [0.05, 0.1) is 30.4 Å². The van der Waals surface area contributed by atoms with E-state index >= 15 is 0 Å². The molecular weight excluding hydrogens is 332 g/mol. The Morgan fingerprint density at radius 1 is 1.08 bits per heavy atom. The summed E-state index contributed by atoms with van der Waals surface area (Å²) in [6.45, 7) is 2.77. The molecule has 0 bridgehead atoms. The molecule has 3 aromatic rings. The summed E-state index contributed by atoms with van der Waals surface area (Å²) in [5.74, 6) is 1.51. The molecule has 2 aromatic carbocycles. The van der Waals surface area contributed by atoms with Gasteiger partial charge in [0, 0.05) is 29.6 Å². The van der Waals surface area contributed by atoms with Crippen molar-refractivity contribution in [1.82, 2.24) is 4.57 Å². The Bertz CT molecular complexity index is 972. The molecule has 0 saturated heterocycles. The van der Waals surface area contributed by atoms with Gasteiger partial charge in [-0.15, -0.1) is 0 Å². The largest absolute Gasteiger partial charge is 0.497 e. The zero-order valence-electron chi connectivity index (χ0n) is 14.9. The molecule has 3 rings (SSSR count). The first kappa shape index (κ1) is 17.5. The van der Waals surface area contributed by atoms with Crippen LogP contribution in [0.5, 0.6) is 11.5 Å². The van der Waals surface area contributed by atoms with Gasteiger partial charge >= 0.3 is 0 Å². The maximum absolute atomic E-state index is 10.9. The molecule has 0 N–H and O–H groups in total. The topological polar surface area (TPSA) is 66.5 Å². The molecule has 0 aliphatic carbocycles. The third-order valence-electron chi connectivity index (χ3n) is 4.35. The molecule has 0 aliphatic rings. The Balaban J connectivity index is 2.32. The van der Waals surface area contributed by atoms with Crippen molar-refractivity contribution in [3.8, 4) is 22.8 Å². The van der Waals surface area contributed by atoms with Gasteiger partial charge in [0.15, 0.2) is 0 Å². The fraction of sp³-hybridized carbons (Fsp3) is 0.200. The second-order valence-electron chi connectivity index (χ2n) is 5.72. The summed E-state index contributed by atoms with van der Waals surface area (Å²) in [4.78, 5) is 10.4. The fourth-order valence-corrected chi connectivity index (χ4v) is 3.18. The second kappa shape index (κ2) is 7.31. The monoisotopic (exact) mass is 352 g/mol. The molecule has 0 aliphatic heterocycles. The first-order chi connectivity index (χ1) is 12.6. The third-order valence-corrected chi connectivity index (χ3v) is 4.35. The summed E-state index contributed by atoms with van der Waals surface area (Å²) in [6, 6.07) is 13.4. The van der Waals surface area contributed by atoms with Crippen molar-refractivity contribution >= 4 is 17.0 Å². The smallest absolute Gasteiger partial charge is 0.235 e. The van der Waals surface area contributed by atoms with Gasteiger partial charge in [-0.3, -0.25) is 10.1 Å². The molecule has 0 saturated carbocycles. The lowest BCUT2D eigenvalue weighted by Gasteiger charge is -2.10. The van der Waals surface area contributed by atoms with Crippen LogP contribution in [0.2, 0.25) is 0 Å². The first-order valence-electron chi connectivity index (χ1n) is 8.25.